The van der Waals surface area contributed by atoms with Gasteiger partial charge < -0.3 is 19.9 Å². The van der Waals surface area contributed by atoms with Crippen LogP contribution in [-0.2, 0) is 9.53 Å². The quantitative estimate of drug-likeness (QED) is 0.531. The number of rotatable bonds is 8. The summed E-state index contributed by atoms with van der Waals surface area (Å²) in [5, 5.41) is 3.17. The molecule has 8 heteroatoms. The van der Waals surface area contributed by atoms with Crippen LogP contribution >= 0.6 is 12.4 Å². The number of fused-ring (bicyclic) bond motifs is 2. The van der Waals surface area contributed by atoms with Gasteiger partial charge in [0.25, 0.3) is 0 Å². The van der Waals surface area contributed by atoms with E-state index in [1.807, 2.05) is 18.2 Å². The lowest BCUT2D eigenvalue weighted by Gasteiger charge is -2.49. The van der Waals surface area contributed by atoms with E-state index in [1.165, 1.54) is 18.4 Å². The highest BCUT2D eigenvalue weighted by atomic mass is 35.5. The van der Waals surface area contributed by atoms with Crippen molar-refractivity contribution >= 4 is 24.3 Å². The van der Waals surface area contributed by atoms with E-state index in [4.69, 9.17) is 4.74 Å². The number of hydrogen-bond donors (Lipinski definition) is 1. The molecule has 37 heavy (non-hydrogen) atoms. The number of carbonyl (C=O) groups is 2. The fourth-order valence-corrected chi connectivity index (χ4v) is 7.64. The van der Waals surface area contributed by atoms with Gasteiger partial charge in [0.2, 0.25) is 5.91 Å². The topological polar surface area (TPSA) is 65.1 Å². The molecule has 0 aromatic heterocycles. The Hall–Kier alpha value is -1.83. The molecule has 4 fully saturated rings. The summed E-state index contributed by atoms with van der Waals surface area (Å²) in [5.41, 5.74) is 1.12. The van der Waals surface area contributed by atoms with Crippen molar-refractivity contribution in [1.29, 1.82) is 0 Å². The average molecular weight is 533 g/mol. The molecule has 1 aromatic carbocycles. The summed E-state index contributed by atoms with van der Waals surface area (Å²) in [5.74, 6) is 0.582. The highest BCUT2D eigenvalue weighted by Crippen LogP contribution is 2.48. The van der Waals surface area contributed by atoms with Crippen LogP contribution in [0.15, 0.2) is 30.3 Å². The zero-order valence-electron chi connectivity index (χ0n) is 22.7. The molecule has 1 aromatic rings. The summed E-state index contributed by atoms with van der Waals surface area (Å²) in [6.07, 6.45) is 7.59. The first-order valence-electron chi connectivity index (χ1n) is 14.1. The van der Waals surface area contributed by atoms with E-state index in [0.29, 0.717) is 18.0 Å². The molecule has 1 spiro atoms. The van der Waals surface area contributed by atoms with Crippen molar-refractivity contribution in [1.82, 2.24) is 20.0 Å². The molecule has 3 atom stereocenters. The molecule has 4 heterocycles. The maximum absolute atomic E-state index is 13.7. The lowest BCUT2D eigenvalue weighted by atomic mass is 9.81. The Bertz CT molecular complexity index is 909. The average Bonchev–Trinajstić information content (AvgIpc) is 3.26. The minimum absolute atomic E-state index is 0. The van der Waals surface area contributed by atoms with Gasteiger partial charge in [-0.1, -0.05) is 30.3 Å². The van der Waals surface area contributed by atoms with E-state index >= 15 is 0 Å². The van der Waals surface area contributed by atoms with Crippen LogP contribution in [0.2, 0.25) is 0 Å². The number of nitrogens with zero attached hydrogens (tertiary/aromatic N) is 3. The number of hydrogen-bond acceptors (Lipinski definition) is 4. The molecule has 4 saturated heterocycles. The van der Waals surface area contributed by atoms with E-state index in [2.05, 4.69) is 46.0 Å². The van der Waals surface area contributed by atoms with Crippen molar-refractivity contribution in [2.45, 2.75) is 95.4 Å². The number of urea groups is 1. The number of amides is 3. The van der Waals surface area contributed by atoms with Crippen molar-refractivity contribution in [2.24, 2.45) is 5.92 Å². The van der Waals surface area contributed by atoms with Gasteiger partial charge in [0.05, 0.1) is 11.6 Å². The Balaban J connectivity index is 0.00000320. The van der Waals surface area contributed by atoms with E-state index in [9.17, 15) is 9.59 Å². The molecule has 2 bridgehead atoms. The number of benzene rings is 1. The lowest BCUT2D eigenvalue weighted by molar-refractivity contribution is -0.119. The van der Waals surface area contributed by atoms with Gasteiger partial charge in [0, 0.05) is 57.9 Å². The second-order valence-corrected chi connectivity index (χ2v) is 11.9. The van der Waals surface area contributed by atoms with Crippen LogP contribution in [0.4, 0.5) is 4.79 Å². The third kappa shape index (κ3) is 5.94. The van der Waals surface area contributed by atoms with Gasteiger partial charge in [-0.05, 0) is 70.3 Å². The molecular weight excluding hydrogens is 488 g/mol. The monoisotopic (exact) mass is 532 g/mol. The first kappa shape index (κ1) is 28.2. The number of ether oxygens (including phenoxy) is 1. The van der Waals surface area contributed by atoms with Crippen LogP contribution in [0.3, 0.4) is 0 Å². The zero-order valence-corrected chi connectivity index (χ0v) is 23.5. The van der Waals surface area contributed by atoms with Gasteiger partial charge in [0.1, 0.15) is 0 Å². The predicted octanol–water partition coefficient (Wildman–Crippen LogP) is 4.61. The van der Waals surface area contributed by atoms with Crippen LogP contribution in [0.5, 0.6) is 0 Å². The van der Waals surface area contributed by atoms with Gasteiger partial charge in [-0.25, -0.2) is 4.79 Å². The summed E-state index contributed by atoms with van der Waals surface area (Å²) in [4.78, 5) is 32.7. The largest absolute Gasteiger partial charge is 0.381 e. The molecule has 0 aliphatic carbocycles. The Morgan fingerprint density at radius 2 is 1.73 bits per heavy atom. The van der Waals surface area contributed by atoms with Crippen LogP contribution in [0.1, 0.15) is 77.3 Å². The molecule has 0 saturated carbocycles. The first-order chi connectivity index (χ1) is 17.4. The van der Waals surface area contributed by atoms with Crippen LogP contribution in [0, 0.1) is 5.92 Å². The van der Waals surface area contributed by atoms with E-state index in [0.717, 1.165) is 65.0 Å². The van der Waals surface area contributed by atoms with Crippen LogP contribution in [0.25, 0.3) is 0 Å². The van der Waals surface area contributed by atoms with Crippen molar-refractivity contribution < 1.29 is 14.3 Å². The molecule has 2 unspecified atom stereocenters. The summed E-state index contributed by atoms with van der Waals surface area (Å²) in [6.45, 7) is 10.4. The van der Waals surface area contributed by atoms with Crippen molar-refractivity contribution in [3.63, 3.8) is 0 Å². The summed E-state index contributed by atoms with van der Waals surface area (Å²) >= 11 is 0. The maximum Gasteiger partial charge on any atom is 0.320 e. The molecule has 7 nitrogen and oxygen atoms in total. The van der Waals surface area contributed by atoms with E-state index in [-0.39, 0.29) is 42.0 Å². The van der Waals surface area contributed by atoms with Crippen LogP contribution < -0.4 is 5.32 Å². The maximum atomic E-state index is 13.7. The van der Waals surface area contributed by atoms with Gasteiger partial charge in [-0.15, -0.1) is 12.4 Å². The SMILES string of the molecule is CC(=O)N[C@@H](CCN1C2CCC1CC1(C2)CN(CC2CCOCC2)C(=O)N1C(C)C)c1ccccc1.Cl. The molecule has 0 radical (unpaired) electrons. The standard InChI is InChI=1S/C29H44N4O3.ClH/c1-21(2)33-28(35)31(19-23-12-15-36-16-13-23)20-29(33)17-25-9-10-26(18-29)32(25)14-11-27(30-22(3)34)24-7-5-4-6-8-24;/h4-8,21,23,25-27H,9-20H2,1-3H3,(H,30,34);1H/t25?,26?,27-,29?;/m0./s1. The van der Waals surface area contributed by atoms with E-state index < -0.39 is 0 Å². The van der Waals surface area contributed by atoms with E-state index in [1.54, 1.807) is 6.92 Å². The van der Waals surface area contributed by atoms with Gasteiger partial charge in [0.15, 0.2) is 0 Å². The fraction of sp³-hybridized carbons (Fsp3) is 0.724. The lowest BCUT2D eigenvalue weighted by Crippen LogP contribution is -2.60. The predicted molar refractivity (Wildman–Crippen MR) is 148 cm³/mol. The molecule has 4 aliphatic heterocycles. The number of carbonyl (C=O) groups excluding carboxylic acids is 2. The van der Waals surface area contributed by atoms with Crippen molar-refractivity contribution in [3.05, 3.63) is 35.9 Å². The first-order valence-corrected chi connectivity index (χ1v) is 14.1. The molecule has 1 N–H and O–H groups in total. The Labute approximate surface area is 228 Å². The fourth-order valence-electron chi connectivity index (χ4n) is 7.64. The normalized spacial score (nSPS) is 29.1. The summed E-state index contributed by atoms with van der Waals surface area (Å²) < 4.78 is 5.55. The number of halogens is 1. The smallest absolute Gasteiger partial charge is 0.320 e. The Morgan fingerprint density at radius 1 is 1.08 bits per heavy atom. The second kappa shape index (κ2) is 11.9. The Morgan fingerprint density at radius 3 is 2.32 bits per heavy atom. The summed E-state index contributed by atoms with van der Waals surface area (Å²) in [7, 11) is 0. The number of piperidine rings is 1. The number of nitrogens with one attached hydrogen (secondary N) is 1. The zero-order chi connectivity index (χ0) is 25.3. The highest BCUT2D eigenvalue weighted by molar-refractivity contribution is 5.85. The van der Waals surface area contributed by atoms with Crippen molar-refractivity contribution in [3.8, 4) is 0 Å². The molecule has 4 aliphatic rings. The minimum atomic E-state index is -0.0464. The van der Waals surface area contributed by atoms with Gasteiger partial charge in [-0.2, -0.15) is 0 Å². The van der Waals surface area contributed by atoms with Crippen LogP contribution in [-0.4, -0.2) is 83.2 Å². The Kier molecular flexibility index (Phi) is 9.08. The minimum Gasteiger partial charge on any atom is -0.381 e. The van der Waals surface area contributed by atoms with Gasteiger partial charge >= 0.3 is 6.03 Å². The van der Waals surface area contributed by atoms with Gasteiger partial charge in [-0.3, -0.25) is 9.69 Å². The molecule has 206 valence electrons. The molecule has 3 amide bonds. The molecule has 5 rings (SSSR count). The second-order valence-electron chi connectivity index (χ2n) is 11.9. The third-order valence-electron chi connectivity index (χ3n) is 9.07. The highest BCUT2D eigenvalue weighted by Gasteiger charge is 2.57. The third-order valence-corrected chi connectivity index (χ3v) is 9.07. The van der Waals surface area contributed by atoms with Crippen molar-refractivity contribution in [2.75, 3.05) is 32.8 Å². The molecular formula is C29H45ClN4O3. The summed E-state index contributed by atoms with van der Waals surface area (Å²) in [6, 6.07) is 11.8.